The van der Waals surface area contributed by atoms with Crippen molar-refractivity contribution in [2.24, 2.45) is 0 Å². The maximum atomic E-state index is 14.0. The Morgan fingerprint density at radius 3 is 2.38 bits per heavy atom. The molecular formula is C36H44N4O6S. The van der Waals surface area contributed by atoms with Crippen LogP contribution in [0.5, 0.6) is 5.75 Å². The summed E-state index contributed by atoms with van der Waals surface area (Å²) in [6.45, 7) is 7.25. The number of hydrogen-bond donors (Lipinski definition) is 5. The first kappa shape index (κ1) is 34.3. The predicted molar refractivity (Wildman–Crippen MR) is 183 cm³/mol. The van der Waals surface area contributed by atoms with Gasteiger partial charge in [0.2, 0.25) is 5.91 Å². The molecule has 0 spiro atoms. The number of aliphatic hydroxyl groups excluding tert-OH is 2. The Kier molecular flexibility index (Phi) is 10.5. The van der Waals surface area contributed by atoms with Gasteiger partial charge in [-0.2, -0.15) is 0 Å². The number of carbonyl (C=O) groups excluding carboxylic acids is 3. The number of hydrogen-bond acceptors (Lipinski definition) is 8. The zero-order chi connectivity index (χ0) is 33.9. The molecule has 0 unspecified atom stereocenters. The number of benzene rings is 3. The molecule has 3 aromatic rings. The Morgan fingerprint density at radius 2 is 1.70 bits per heavy atom. The van der Waals surface area contributed by atoms with E-state index in [1.807, 2.05) is 101 Å². The summed E-state index contributed by atoms with van der Waals surface area (Å²) in [5, 5.41) is 31.3. The maximum Gasteiger partial charge on any atom is 0.258 e. The lowest BCUT2D eigenvalue weighted by atomic mass is 9.96. The van der Waals surface area contributed by atoms with E-state index in [0.29, 0.717) is 12.2 Å². The van der Waals surface area contributed by atoms with Crippen molar-refractivity contribution in [1.29, 1.82) is 0 Å². The zero-order valence-corrected chi connectivity index (χ0v) is 28.3. The number of fused-ring (bicyclic) bond motifs is 1. The quantitative estimate of drug-likeness (QED) is 0.211. The van der Waals surface area contributed by atoms with Gasteiger partial charge in [-0.15, -0.1) is 11.8 Å². The Morgan fingerprint density at radius 1 is 1.04 bits per heavy atom. The Bertz CT molecular complexity index is 1590. The number of ether oxygens (including phenoxy) is 1. The minimum atomic E-state index is -1.64. The second kappa shape index (κ2) is 14.4. The zero-order valence-electron chi connectivity index (χ0n) is 27.4. The lowest BCUT2D eigenvalue weighted by molar-refractivity contribution is -0.148. The molecule has 5 atom stereocenters. The van der Waals surface area contributed by atoms with Crippen molar-refractivity contribution < 1.29 is 29.3 Å². The van der Waals surface area contributed by atoms with Crippen molar-refractivity contribution in [3.63, 3.8) is 0 Å². The van der Waals surface area contributed by atoms with Crippen LogP contribution in [-0.4, -0.2) is 81.4 Å². The van der Waals surface area contributed by atoms with E-state index in [0.717, 1.165) is 33.5 Å². The first-order chi connectivity index (χ1) is 22.4. The molecule has 1 heterocycles. The molecular weight excluding hydrogens is 616 g/mol. The van der Waals surface area contributed by atoms with Crippen molar-refractivity contribution in [1.82, 2.24) is 15.5 Å². The van der Waals surface area contributed by atoms with Crippen molar-refractivity contribution >= 4 is 35.2 Å². The van der Waals surface area contributed by atoms with E-state index in [1.165, 1.54) is 16.7 Å². The molecule has 1 aliphatic heterocycles. The average Bonchev–Trinajstić information content (AvgIpc) is 3.54. The van der Waals surface area contributed by atoms with Crippen molar-refractivity contribution in [3.8, 4) is 5.75 Å². The van der Waals surface area contributed by atoms with Crippen molar-refractivity contribution in [2.45, 2.75) is 75.6 Å². The molecule has 0 aromatic heterocycles. The molecule has 10 nitrogen and oxygen atoms in total. The van der Waals surface area contributed by atoms with Crippen molar-refractivity contribution in [2.75, 3.05) is 24.8 Å². The number of nitrogens with one attached hydrogen (secondary N) is 3. The summed E-state index contributed by atoms with van der Waals surface area (Å²) >= 11 is 1.43. The van der Waals surface area contributed by atoms with Gasteiger partial charge < -0.3 is 35.8 Å². The Labute approximate surface area is 280 Å². The lowest BCUT2D eigenvalue weighted by Gasteiger charge is -2.34. The van der Waals surface area contributed by atoms with Gasteiger partial charge in [0.1, 0.15) is 11.8 Å². The highest BCUT2D eigenvalue weighted by Crippen LogP contribution is 2.41. The molecule has 0 saturated carbocycles. The SMILES string of the molecule is CNc1cc(C)c(OCC(=O)N[C@@H](Cc2ccccc2)[C@H](O)C(=O)N2CSC(C)(C)[C@H]2C(=O)N[C@H]2c3ccccc3C[C@H]2O)c(C)c1. The van der Waals surface area contributed by atoms with E-state index in [9.17, 15) is 24.6 Å². The third-order valence-corrected chi connectivity index (χ3v) is 10.3. The molecule has 47 heavy (non-hydrogen) atoms. The van der Waals surface area contributed by atoms with Crippen LogP contribution in [-0.2, 0) is 27.2 Å². The molecule has 1 fully saturated rings. The fraction of sp³-hybridized carbons (Fsp3) is 0.417. The van der Waals surface area contributed by atoms with Gasteiger partial charge in [0.15, 0.2) is 12.7 Å². The highest BCUT2D eigenvalue weighted by atomic mass is 32.2. The van der Waals surface area contributed by atoms with Gasteiger partial charge in [0.25, 0.3) is 11.8 Å². The fourth-order valence-electron chi connectivity index (χ4n) is 6.55. The molecule has 5 N–H and O–H groups in total. The minimum absolute atomic E-state index is 0.181. The molecule has 0 radical (unpaired) electrons. The third kappa shape index (κ3) is 7.58. The van der Waals surface area contributed by atoms with E-state index in [2.05, 4.69) is 16.0 Å². The lowest BCUT2D eigenvalue weighted by Crippen LogP contribution is -2.59. The fourth-order valence-corrected chi connectivity index (χ4v) is 7.69. The number of carbonyl (C=O) groups is 3. The van der Waals surface area contributed by atoms with Crippen molar-refractivity contribution in [3.05, 3.63) is 94.5 Å². The molecule has 0 bridgehead atoms. The minimum Gasteiger partial charge on any atom is -0.483 e. The van der Waals surface area contributed by atoms with Crippen LogP contribution in [0.4, 0.5) is 5.69 Å². The number of rotatable bonds is 11. The van der Waals surface area contributed by atoms with Gasteiger partial charge >= 0.3 is 0 Å². The summed E-state index contributed by atoms with van der Waals surface area (Å²) in [6.07, 6.45) is -1.82. The largest absolute Gasteiger partial charge is 0.483 e. The molecule has 250 valence electrons. The van der Waals surface area contributed by atoms with E-state index in [-0.39, 0.29) is 18.9 Å². The van der Waals surface area contributed by atoms with Crippen LogP contribution in [0.25, 0.3) is 0 Å². The molecule has 1 aliphatic carbocycles. The van der Waals surface area contributed by atoms with Gasteiger partial charge in [-0.05, 0) is 74.1 Å². The molecule has 3 amide bonds. The summed E-state index contributed by atoms with van der Waals surface area (Å²) in [5.74, 6) is -0.786. The molecule has 2 aliphatic rings. The monoisotopic (exact) mass is 660 g/mol. The van der Waals surface area contributed by atoms with Gasteiger partial charge in [-0.3, -0.25) is 14.4 Å². The number of aliphatic hydroxyl groups is 2. The number of amides is 3. The normalized spacial score (nSPS) is 21.0. The third-order valence-electron chi connectivity index (χ3n) is 8.95. The second-order valence-corrected chi connectivity index (χ2v) is 14.4. The topological polar surface area (TPSA) is 140 Å². The van der Waals surface area contributed by atoms with Crippen LogP contribution >= 0.6 is 11.8 Å². The highest BCUT2D eigenvalue weighted by Gasteiger charge is 2.50. The number of aryl methyl sites for hydroxylation is 2. The average molecular weight is 661 g/mol. The van der Waals surface area contributed by atoms with Gasteiger partial charge in [-0.1, -0.05) is 54.6 Å². The van der Waals surface area contributed by atoms with E-state index >= 15 is 0 Å². The summed E-state index contributed by atoms with van der Waals surface area (Å²) in [6, 6.07) is 18.2. The first-order valence-electron chi connectivity index (χ1n) is 15.8. The van der Waals surface area contributed by atoms with Gasteiger partial charge in [0, 0.05) is 23.9 Å². The van der Waals surface area contributed by atoms with Crippen LogP contribution in [0.1, 0.15) is 47.7 Å². The van der Waals surface area contributed by atoms with Crippen LogP contribution in [0.15, 0.2) is 66.7 Å². The molecule has 1 saturated heterocycles. The van der Waals surface area contributed by atoms with E-state index in [1.54, 1.807) is 0 Å². The van der Waals surface area contributed by atoms with Gasteiger partial charge in [0.05, 0.1) is 24.1 Å². The predicted octanol–water partition coefficient (Wildman–Crippen LogP) is 3.27. The highest BCUT2D eigenvalue weighted by molar-refractivity contribution is 8.00. The number of nitrogens with zero attached hydrogens (tertiary/aromatic N) is 1. The number of thioether (sulfide) groups is 1. The standard InChI is InChI=1S/C36H44N4O6S/c1-21-15-25(37-5)16-22(2)32(21)46-19-29(42)38-27(17-23-11-7-6-8-12-23)31(43)35(45)40-20-47-36(3,4)33(40)34(44)39-30-26-14-10-9-13-24(26)18-28(30)41/h6-16,27-28,30-31,33,37,41,43H,17-20H2,1-5H3,(H,38,42)(H,39,44)/t27-,28+,30-,31-,33+/m0/s1. The first-order valence-corrected chi connectivity index (χ1v) is 16.8. The maximum absolute atomic E-state index is 14.0. The Hall–Kier alpha value is -4.06. The summed E-state index contributed by atoms with van der Waals surface area (Å²) in [7, 11) is 1.83. The second-order valence-electron chi connectivity index (χ2n) is 12.8. The molecule has 11 heteroatoms. The smallest absolute Gasteiger partial charge is 0.258 e. The van der Waals surface area contributed by atoms with Crippen LogP contribution in [0.2, 0.25) is 0 Å². The van der Waals surface area contributed by atoms with Crippen LogP contribution in [0, 0.1) is 13.8 Å². The van der Waals surface area contributed by atoms with Crippen LogP contribution in [0.3, 0.4) is 0 Å². The van der Waals surface area contributed by atoms with E-state index < -0.39 is 52.8 Å². The molecule has 5 rings (SSSR count). The summed E-state index contributed by atoms with van der Waals surface area (Å²) in [5.41, 5.74) is 5.30. The van der Waals surface area contributed by atoms with Crippen LogP contribution < -0.4 is 20.7 Å². The summed E-state index contributed by atoms with van der Waals surface area (Å²) < 4.78 is 5.23. The van der Waals surface area contributed by atoms with Gasteiger partial charge in [-0.25, -0.2) is 0 Å². The van der Waals surface area contributed by atoms with E-state index in [4.69, 9.17) is 4.74 Å². The molecule has 3 aromatic carbocycles. The Balaban J connectivity index is 1.32. The summed E-state index contributed by atoms with van der Waals surface area (Å²) in [4.78, 5) is 42.5. The number of anilines is 1.